The minimum absolute atomic E-state index is 0.00755. The van der Waals surface area contributed by atoms with Crippen molar-refractivity contribution < 1.29 is 9.72 Å². The van der Waals surface area contributed by atoms with Gasteiger partial charge in [-0.25, -0.2) is 0 Å². The van der Waals surface area contributed by atoms with Crippen LogP contribution in [0.4, 0.5) is 5.69 Å². The number of carbonyl (C=O) groups is 1. The van der Waals surface area contributed by atoms with Gasteiger partial charge in [0, 0.05) is 17.5 Å². The lowest BCUT2D eigenvalue weighted by atomic mass is 10.00. The van der Waals surface area contributed by atoms with Crippen LogP contribution in [0.2, 0.25) is 0 Å². The van der Waals surface area contributed by atoms with E-state index in [-0.39, 0.29) is 17.5 Å². The van der Waals surface area contributed by atoms with Crippen LogP contribution in [0.25, 0.3) is 0 Å². The SMILES string of the molecule is CC(C=O)c1ccc([N+](=O)[O-])c(CCl)c1. The number of nitrogens with zero attached hydrogens (tertiary/aromatic N) is 1. The third-order valence-corrected chi connectivity index (χ3v) is 2.46. The summed E-state index contributed by atoms with van der Waals surface area (Å²) in [5, 5.41) is 10.6. The van der Waals surface area contributed by atoms with Crippen molar-refractivity contribution in [2.75, 3.05) is 0 Å². The van der Waals surface area contributed by atoms with Crippen molar-refractivity contribution in [3.05, 3.63) is 39.4 Å². The Balaban J connectivity index is 3.18. The van der Waals surface area contributed by atoms with E-state index < -0.39 is 4.92 Å². The summed E-state index contributed by atoms with van der Waals surface area (Å²) in [6.45, 7) is 1.73. The molecule has 0 aromatic heterocycles. The predicted molar refractivity (Wildman–Crippen MR) is 57.1 cm³/mol. The third kappa shape index (κ3) is 2.53. The largest absolute Gasteiger partial charge is 0.303 e. The van der Waals surface area contributed by atoms with E-state index >= 15 is 0 Å². The van der Waals surface area contributed by atoms with Gasteiger partial charge >= 0.3 is 0 Å². The van der Waals surface area contributed by atoms with Crippen LogP contribution >= 0.6 is 11.6 Å². The van der Waals surface area contributed by atoms with Crippen molar-refractivity contribution in [1.29, 1.82) is 0 Å². The number of halogens is 1. The third-order valence-electron chi connectivity index (χ3n) is 2.17. The Morgan fingerprint density at radius 1 is 1.60 bits per heavy atom. The lowest BCUT2D eigenvalue weighted by Crippen LogP contribution is -1.99. The normalized spacial score (nSPS) is 12.1. The number of aldehydes is 1. The molecule has 1 rings (SSSR count). The second kappa shape index (κ2) is 4.89. The molecule has 15 heavy (non-hydrogen) atoms. The highest BCUT2D eigenvalue weighted by Crippen LogP contribution is 2.24. The van der Waals surface area contributed by atoms with E-state index in [2.05, 4.69) is 0 Å². The van der Waals surface area contributed by atoms with Crippen LogP contribution in [-0.4, -0.2) is 11.2 Å². The van der Waals surface area contributed by atoms with Gasteiger partial charge in [0.1, 0.15) is 6.29 Å². The van der Waals surface area contributed by atoms with Gasteiger partial charge < -0.3 is 4.79 Å². The van der Waals surface area contributed by atoms with Gasteiger partial charge in [-0.15, -0.1) is 11.6 Å². The van der Waals surface area contributed by atoms with Gasteiger partial charge in [-0.3, -0.25) is 10.1 Å². The molecule has 1 aromatic rings. The smallest absolute Gasteiger partial charge is 0.273 e. The van der Waals surface area contributed by atoms with Crippen molar-refractivity contribution in [2.45, 2.75) is 18.7 Å². The molecule has 1 aromatic carbocycles. The maximum atomic E-state index is 10.6. The Labute approximate surface area is 92.0 Å². The molecular formula is C10H10ClNO3. The van der Waals surface area contributed by atoms with Gasteiger partial charge in [-0.05, 0) is 11.6 Å². The summed E-state index contributed by atoms with van der Waals surface area (Å²) in [6, 6.07) is 4.56. The van der Waals surface area contributed by atoms with E-state index in [9.17, 15) is 14.9 Å². The zero-order valence-corrected chi connectivity index (χ0v) is 8.90. The number of hydrogen-bond acceptors (Lipinski definition) is 3. The zero-order valence-electron chi connectivity index (χ0n) is 8.14. The first-order valence-electron chi connectivity index (χ1n) is 4.38. The number of benzene rings is 1. The molecule has 0 heterocycles. The lowest BCUT2D eigenvalue weighted by Gasteiger charge is -2.06. The van der Waals surface area contributed by atoms with Crippen LogP contribution in [0.15, 0.2) is 18.2 Å². The average Bonchev–Trinajstić information content (AvgIpc) is 2.26. The van der Waals surface area contributed by atoms with Crippen LogP contribution in [-0.2, 0) is 10.7 Å². The molecule has 5 heteroatoms. The van der Waals surface area contributed by atoms with E-state index in [1.54, 1.807) is 19.1 Å². The summed E-state index contributed by atoms with van der Waals surface area (Å²) in [5.74, 6) is -0.205. The van der Waals surface area contributed by atoms with E-state index in [1.807, 2.05) is 0 Å². The molecule has 0 fully saturated rings. The first-order chi connectivity index (χ1) is 7.10. The summed E-state index contributed by atoms with van der Waals surface area (Å²) in [5.41, 5.74) is 1.17. The highest BCUT2D eigenvalue weighted by molar-refractivity contribution is 6.17. The van der Waals surface area contributed by atoms with Crippen LogP contribution in [0.3, 0.4) is 0 Å². The molecule has 0 spiro atoms. The Kier molecular flexibility index (Phi) is 3.80. The quantitative estimate of drug-likeness (QED) is 0.344. The molecule has 0 N–H and O–H groups in total. The summed E-state index contributed by atoms with van der Waals surface area (Å²) in [4.78, 5) is 20.7. The second-order valence-electron chi connectivity index (χ2n) is 3.20. The fraction of sp³-hybridized carbons (Fsp3) is 0.300. The first-order valence-corrected chi connectivity index (χ1v) is 4.92. The summed E-state index contributed by atoms with van der Waals surface area (Å²) in [6.07, 6.45) is 0.791. The van der Waals surface area contributed by atoms with Crippen molar-refractivity contribution in [3.63, 3.8) is 0 Å². The Bertz CT molecular complexity index is 392. The molecule has 1 atom stereocenters. The van der Waals surface area contributed by atoms with Gasteiger partial charge in [0.15, 0.2) is 0 Å². The summed E-state index contributed by atoms with van der Waals surface area (Å²) in [7, 11) is 0. The fourth-order valence-corrected chi connectivity index (χ4v) is 1.47. The molecule has 4 nitrogen and oxygen atoms in total. The number of rotatable bonds is 4. The molecule has 0 amide bonds. The molecular weight excluding hydrogens is 218 g/mol. The minimum Gasteiger partial charge on any atom is -0.303 e. The lowest BCUT2D eigenvalue weighted by molar-refractivity contribution is -0.385. The number of nitro groups is 1. The molecule has 0 radical (unpaired) electrons. The molecule has 0 aliphatic rings. The van der Waals surface area contributed by atoms with Crippen LogP contribution in [0, 0.1) is 10.1 Å². The highest BCUT2D eigenvalue weighted by atomic mass is 35.5. The van der Waals surface area contributed by atoms with Crippen LogP contribution < -0.4 is 0 Å². The van der Waals surface area contributed by atoms with Crippen molar-refractivity contribution >= 4 is 23.6 Å². The van der Waals surface area contributed by atoms with E-state index in [0.717, 1.165) is 11.8 Å². The van der Waals surface area contributed by atoms with E-state index in [1.165, 1.54) is 6.07 Å². The Morgan fingerprint density at radius 2 is 2.27 bits per heavy atom. The van der Waals surface area contributed by atoms with Crippen molar-refractivity contribution in [2.24, 2.45) is 0 Å². The van der Waals surface area contributed by atoms with Gasteiger partial charge in [-0.1, -0.05) is 13.0 Å². The molecule has 1 unspecified atom stereocenters. The van der Waals surface area contributed by atoms with Gasteiger partial charge in [0.2, 0.25) is 0 Å². The molecule has 0 saturated carbocycles. The highest BCUT2D eigenvalue weighted by Gasteiger charge is 2.14. The van der Waals surface area contributed by atoms with Crippen molar-refractivity contribution in [1.82, 2.24) is 0 Å². The van der Waals surface area contributed by atoms with Crippen LogP contribution in [0.5, 0.6) is 0 Å². The average molecular weight is 228 g/mol. The summed E-state index contributed by atoms with van der Waals surface area (Å²) >= 11 is 5.60. The van der Waals surface area contributed by atoms with Gasteiger partial charge in [0.25, 0.3) is 5.69 Å². The standard InChI is InChI=1S/C10H10ClNO3/c1-7(6-13)8-2-3-10(12(14)15)9(4-8)5-11/h2-4,6-7H,5H2,1H3. The van der Waals surface area contributed by atoms with Gasteiger partial charge in [0.05, 0.1) is 10.8 Å². The number of carbonyl (C=O) groups excluding carboxylic acids is 1. The molecule has 80 valence electrons. The Hall–Kier alpha value is -1.42. The van der Waals surface area contributed by atoms with Crippen molar-refractivity contribution in [3.8, 4) is 0 Å². The second-order valence-corrected chi connectivity index (χ2v) is 3.47. The maximum Gasteiger partial charge on any atom is 0.273 e. The fourth-order valence-electron chi connectivity index (χ4n) is 1.25. The molecule has 0 aliphatic carbocycles. The van der Waals surface area contributed by atoms with E-state index in [0.29, 0.717) is 5.56 Å². The topological polar surface area (TPSA) is 60.2 Å². The monoisotopic (exact) mass is 227 g/mol. The minimum atomic E-state index is -0.479. The Morgan fingerprint density at radius 3 is 2.73 bits per heavy atom. The summed E-state index contributed by atoms with van der Waals surface area (Å²) < 4.78 is 0. The number of nitro benzene ring substituents is 1. The predicted octanol–water partition coefficient (Wildman–Crippen LogP) is 2.64. The molecule has 0 saturated heterocycles. The molecule has 0 aliphatic heterocycles. The van der Waals surface area contributed by atoms with Gasteiger partial charge in [-0.2, -0.15) is 0 Å². The maximum absolute atomic E-state index is 10.6. The number of alkyl halides is 1. The zero-order chi connectivity index (χ0) is 11.4. The van der Waals surface area contributed by atoms with Crippen LogP contribution in [0.1, 0.15) is 24.0 Å². The molecule has 0 bridgehead atoms. The number of hydrogen-bond donors (Lipinski definition) is 0. The first kappa shape index (κ1) is 11.7. The van der Waals surface area contributed by atoms with E-state index in [4.69, 9.17) is 11.6 Å².